The van der Waals surface area contributed by atoms with Gasteiger partial charge in [-0.15, -0.1) is 11.6 Å². The van der Waals surface area contributed by atoms with Crippen molar-refractivity contribution >= 4 is 17.4 Å². The first-order chi connectivity index (χ1) is 10.2. The molecule has 0 bridgehead atoms. The summed E-state index contributed by atoms with van der Waals surface area (Å²) in [5.74, 6) is -0.00711. The van der Waals surface area contributed by atoms with Gasteiger partial charge in [-0.3, -0.25) is 4.79 Å². The second-order valence-corrected chi connectivity index (χ2v) is 5.85. The number of carbonyl (C=O) groups is 1. The van der Waals surface area contributed by atoms with E-state index in [0.29, 0.717) is 12.0 Å². The lowest BCUT2D eigenvalue weighted by atomic mass is 10.0. The first-order valence-electron chi connectivity index (χ1n) is 7.52. The Bertz CT molecular complexity index is 560. The van der Waals surface area contributed by atoms with Gasteiger partial charge in [-0.1, -0.05) is 67.9 Å². The zero-order valence-electron chi connectivity index (χ0n) is 12.4. The molecule has 0 aliphatic rings. The summed E-state index contributed by atoms with van der Waals surface area (Å²) in [6, 6.07) is 17.7. The number of hydrogen-bond acceptors (Lipinski definition) is 1. The van der Waals surface area contributed by atoms with Crippen molar-refractivity contribution in [1.82, 2.24) is 0 Å². The molecule has 1 nitrogen and oxygen atoms in total. The fourth-order valence-electron chi connectivity index (χ4n) is 2.31. The molecule has 0 fully saturated rings. The minimum absolute atomic E-state index is 0.00711. The highest BCUT2D eigenvalue weighted by molar-refractivity contribution is 6.34. The molecule has 0 aliphatic heterocycles. The highest BCUT2D eigenvalue weighted by atomic mass is 35.5. The van der Waals surface area contributed by atoms with Crippen molar-refractivity contribution in [3.63, 3.8) is 0 Å². The van der Waals surface area contributed by atoms with Crippen LogP contribution in [0.3, 0.4) is 0 Å². The van der Waals surface area contributed by atoms with Crippen molar-refractivity contribution in [2.45, 2.75) is 38.0 Å². The van der Waals surface area contributed by atoms with Crippen LogP contribution in [-0.2, 0) is 12.8 Å². The quantitative estimate of drug-likeness (QED) is 0.516. The molecule has 0 N–H and O–H groups in total. The highest BCUT2D eigenvalue weighted by Gasteiger charge is 2.17. The molecule has 2 rings (SSSR count). The van der Waals surface area contributed by atoms with Crippen molar-refractivity contribution < 1.29 is 4.79 Å². The Kier molecular flexibility index (Phi) is 6.01. The van der Waals surface area contributed by atoms with Crippen LogP contribution in [-0.4, -0.2) is 11.2 Å². The lowest BCUT2D eigenvalue weighted by Gasteiger charge is -2.09. The van der Waals surface area contributed by atoms with Gasteiger partial charge in [-0.2, -0.15) is 0 Å². The summed E-state index contributed by atoms with van der Waals surface area (Å²) in [4.78, 5) is 12.2. The average Bonchev–Trinajstić information content (AvgIpc) is 2.54. The van der Waals surface area contributed by atoms with E-state index in [9.17, 15) is 4.79 Å². The van der Waals surface area contributed by atoms with E-state index in [1.807, 2.05) is 30.3 Å². The van der Waals surface area contributed by atoms with Crippen LogP contribution in [0, 0.1) is 0 Å². The SMILES string of the molecule is CCCCc1ccc(CC(Cl)C(=O)c2ccccc2)cc1. The van der Waals surface area contributed by atoms with Crippen LogP contribution in [0.1, 0.15) is 41.3 Å². The number of alkyl halides is 1. The molecular weight excluding hydrogens is 280 g/mol. The third-order valence-corrected chi connectivity index (χ3v) is 3.95. The zero-order valence-corrected chi connectivity index (χ0v) is 13.1. The fraction of sp³-hybridized carbons (Fsp3) is 0.316. The molecule has 0 saturated heterocycles. The first kappa shape index (κ1) is 15.8. The van der Waals surface area contributed by atoms with Crippen LogP contribution >= 0.6 is 11.6 Å². The largest absolute Gasteiger partial charge is 0.292 e. The van der Waals surface area contributed by atoms with Gasteiger partial charge in [0.15, 0.2) is 5.78 Å². The second kappa shape index (κ2) is 7.99. The number of unbranched alkanes of at least 4 members (excludes halogenated alkanes) is 1. The van der Waals surface area contributed by atoms with Crippen molar-refractivity contribution in [2.24, 2.45) is 0 Å². The van der Waals surface area contributed by atoms with Gasteiger partial charge in [0.25, 0.3) is 0 Å². The van der Waals surface area contributed by atoms with Gasteiger partial charge in [-0.25, -0.2) is 0 Å². The predicted octanol–water partition coefficient (Wildman–Crippen LogP) is 5.06. The second-order valence-electron chi connectivity index (χ2n) is 5.32. The molecule has 0 spiro atoms. The maximum atomic E-state index is 12.2. The Morgan fingerprint density at radius 2 is 1.62 bits per heavy atom. The number of ketones is 1. The monoisotopic (exact) mass is 300 g/mol. The maximum absolute atomic E-state index is 12.2. The lowest BCUT2D eigenvalue weighted by Crippen LogP contribution is -2.17. The molecule has 0 amide bonds. The summed E-state index contributed by atoms with van der Waals surface area (Å²) in [6.45, 7) is 2.20. The number of rotatable bonds is 7. The Labute approximate surface area is 132 Å². The van der Waals surface area contributed by atoms with Crippen molar-refractivity contribution in [2.75, 3.05) is 0 Å². The molecular formula is C19H21ClO. The highest BCUT2D eigenvalue weighted by Crippen LogP contribution is 2.15. The van der Waals surface area contributed by atoms with E-state index in [1.165, 1.54) is 18.4 Å². The van der Waals surface area contributed by atoms with Crippen LogP contribution < -0.4 is 0 Å². The van der Waals surface area contributed by atoms with E-state index in [0.717, 1.165) is 12.0 Å². The summed E-state index contributed by atoms with van der Waals surface area (Å²) < 4.78 is 0. The lowest BCUT2D eigenvalue weighted by molar-refractivity contribution is 0.0986. The third kappa shape index (κ3) is 4.71. The van der Waals surface area contributed by atoms with E-state index >= 15 is 0 Å². The minimum atomic E-state index is -0.506. The minimum Gasteiger partial charge on any atom is -0.292 e. The normalized spacial score (nSPS) is 12.1. The van der Waals surface area contributed by atoms with Crippen LogP contribution in [0.4, 0.5) is 0 Å². The van der Waals surface area contributed by atoms with Crippen LogP contribution in [0.25, 0.3) is 0 Å². The summed E-state index contributed by atoms with van der Waals surface area (Å²) in [5.41, 5.74) is 3.14. The van der Waals surface area contributed by atoms with Gasteiger partial charge in [0.05, 0.1) is 0 Å². The van der Waals surface area contributed by atoms with Crippen molar-refractivity contribution in [1.29, 1.82) is 0 Å². The Morgan fingerprint density at radius 1 is 1.00 bits per heavy atom. The molecule has 1 unspecified atom stereocenters. The van der Waals surface area contributed by atoms with Crippen LogP contribution in [0.2, 0.25) is 0 Å². The van der Waals surface area contributed by atoms with E-state index in [2.05, 4.69) is 31.2 Å². The van der Waals surface area contributed by atoms with Crippen molar-refractivity contribution in [3.05, 3.63) is 71.3 Å². The number of carbonyl (C=O) groups excluding carboxylic acids is 1. The zero-order chi connectivity index (χ0) is 15.1. The molecule has 110 valence electrons. The molecule has 2 heteroatoms. The topological polar surface area (TPSA) is 17.1 Å². The van der Waals surface area contributed by atoms with E-state index in [1.54, 1.807) is 0 Å². The van der Waals surface area contributed by atoms with E-state index in [-0.39, 0.29) is 5.78 Å². The average molecular weight is 301 g/mol. The molecule has 2 aromatic carbocycles. The van der Waals surface area contributed by atoms with Gasteiger partial charge >= 0.3 is 0 Å². The molecule has 21 heavy (non-hydrogen) atoms. The van der Waals surface area contributed by atoms with Gasteiger partial charge in [0, 0.05) is 5.56 Å². The Morgan fingerprint density at radius 3 is 2.24 bits per heavy atom. The predicted molar refractivity (Wildman–Crippen MR) is 89.2 cm³/mol. The molecule has 0 radical (unpaired) electrons. The number of halogens is 1. The van der Waals surface area contributed by atoms with Gasteiger partial charge in [-0.05, 0) is 30.4 Å². The number of aryl methyl sites for hydroxylation is 1. The molecule has 0 saturated carbocycles. The molecule has 0 aromatic heterocycles. The third-order valence-electron chi connectivity index (χ3n) is 3.60. The van der Waals surface area contributed by atoms with Gasteiger partial charge < -0.3 is 0 Å². The molecule has 0 aliphatic carbocycles. The Balaban J connectivity index is 1.96. The smallest absolute Gasteiger partial charge is 0.180 e. The van der Waals surface area contributed by atoms with Crippen LogP contribution in [0.5, 0.6) is 0 Å². The van der Waals surface area contributed by atoms with E-state index < -0.39 is 5.38 Å². The standard InChI is InChI=1S/C19H21ClO/c1-2-3-7-15-10-12-16(13-11-15)14-18(20)19(21)17-8-5-4-6-9-17/h4-6,8-13,18H,2-3,7,14H2,1H3. The first-order valence-corrected chi connectivity index (χ1v) is 7.95. The molecule has 1 atom stereocenters. The van der Waals surface area contributed by atoms with Gasteiger partial charge in [0.1, 0.15) is 5.38 Å². The molecule has 2 aromatic rings. The van der Waals surface area contributed by atoms with Gasteiger partial charge in [0.2, 0.25) is 0 Å². The fourth-order valence-corrected chi connectivity index (χ4v) is 2.61. The summed E-state index contributed by atoms with van der Waals surface area (Å²) >= 11 is 6.27. The Hall–Kier alpha value is -1.60. The summed E-state index contributed by atoms with van der Waals surface area (Å²) in [7, 11) is 0. The summed E-state index contributed by atoms with van der Waals surface area (Å²) in [6.07, 6.45) is 4.11. The summed E-state index contributed by atoms with van der Waals surface area (Å²) in [5, 5.41) is -0.506. The number of Topliss-reactive ketones (excluding diaryl/α,β-unsaturated/α-hetero) is 1. The molecule has 0 heterocycles. The van der Waals surface area contributed by atoms with E-state index in [4.69, 9.17) is 11.6 Å². The number of benzene rings is 2. The van der Waals surface area contributed by atoms with Crippen LogP contribution in [0.15, 0.2) is 54.6 Å². The maximum Gasteiger partial charge on any atom is 0.180 e. The number of hydrogen-bond donors (Lipinski definition) is 0. The van der Waals surface area contributed by atoms with Crippen molar-refractivity contribution in [3.8, 4) is 0 Å².